The van der Waals surface area contributed by atoms with Gasteiger partial charge in [0.05, 0.1) is 6.54 Å². The third-order valence-corrected chi connectivity index (χ3v) is 1.31. The Balaban J connectivity index is 2.55. The minimum absolute atomic E-state index is 0.354. The summed E-state index contributed by atoms with van der Waals surface area (Å²) in [4.78, 5) is 22.4. The SMILES string of the molecule is [NH]CC(=O)N1CCNC1=O. The second-order valence-electron chi connectivity index (χ2n) is 1.95. The van der Waals surface area contributed by atoms with E-state index < -0.39 is 5.91 Å². The van der Waals surface area contributed by atoms with Crippen molar-refractivity contribution in [3.8, 4) is 0 Å². The first-order chi connectivity index (χ1) is 4.75. The molecule has 0 saturated carbocycles. The van der Waals surface area contributed by atoms with Gasteiger partial charge < -0.3 is 5.32 Å². The molecule has 0 bridgehead atoms. The summed E-state index contributed by atoms with van der Waals surface area (Å²) < 4.78 is 0. The van der Waals surface area contributed by atoms with Crippen LogP contribution in [0.5, 0.6) is 0 Å². The predicted octanol–water partition coefficient (Wildman–Crippen LogP) is -1.18. The lowest BCUT2D eigenvalue weighted by Gasteiger charge is -2.08. The van der Waals surface area contributed by atoms with Crippen LogP contribution in [-0.2, 0) is 4.79 Å². The van der Waals surface area contributed by atoms with Gasteiger partial charge in [0.1, 0.15) is 0 Å². The Hall–Kier alpha value is -1.10. The molecule has 1 saturated heterocycles. The molecule has 1 aliphatic rings. The predicted molar refractivity (Wildman–Crippen MR) is 33.1 cm³/mol. The summed E-state index contributed by atoms with van der Waals surface area (Å²) in [6.45, 7) is 0.550. The summed E-state index contributed by atoms with van der Waals surface area (Å²) in [5, 5.41) is 2.47. The zero-order valence-corrected chi connectivity index (χ0v) is 5.39. The van der Waals surface area contributed by atoms with Crippen LogP contribution in [-0.4, -0.2) is 36.5 Å². The van der Waals surface area contributed by atoms with Crippen molar-refractivity contribution in [2.24, 2.45) is 0 Å². The maximum atomic E-state index is 10.7. The van der Waals surface area contributed by atoms with Crippen molar-refractivity contribution in [2.45, 2.75) is 0 Å². The number of imide groups is 1. The number of nitrogens with zero attached hydrogens (tertiary/aromatic N) is 1. The fraction of sp³-hybridized carbons (Fsp3) is 0.600. The summed E-state index contributed by atoms with van der Waals surface area (Å²) in [5.74, 6) is -0.435. The first-order valence-corrected chi connectivity index (χ1v) is 2.98. The molecule has 1 radical (unpaired) electrons. The Kier molecular flexibility index (Phi) is 1.86. The van der Waals surface area contributed by atoms with E-state index in [1.54, 1.807) is 0 Å². The van der Waals surface area contributed by atoms with Crippen LogP contribution in [0.4, 0.5) is 4.79 Å². The Morgan fingerprint density at radius 1 is 1.80 bits per heavy atom. The molecule has 0 aromatic carbocycles. The monoisotopic (exact) mass is 142 g/mol. The van der Waals surface area contributed by atoms with Crippen LogP contribution in [0.1, 0.15) is 0 Å². The Labute approximate surface area is 58.2 Å². The van der Waals surface area contributed by atoms with E-state index in [9.17, 15) is 9.59 Å². The molecule has 0 aromatic heterocycles. The van der Waals surface area contributed by atoms with Gasteiger partial charge in [-0.1, -0.05) is 0 Å². The number of hydrogen-bond acceptors (Lipinski definition) is 2. The van der Waals surface area contributed by atoms with Crippen LogP contribution in [0.3, 0.4) is 0 Å². The number of rotatable bonds is 1. The zero-order valence-electron chi connectivity index (χ0n) is 5.39. The molecular formula is C5H8N3O2. The van der Waals surface area contributed by atoms with Crippen molar-refractivity contribution < 1.29 is 9.59 Å². The zero-order chi connectivity index (χ0) is 7.56. The lowest BCUT2D eigenvalue weighted by molar-refractivity contribution is -0.126. The smallest absolute Gasteiger partial charge is 0.324 e. The van der Waals surface area contributed by atoms with Gasteiger partial charge in [0, 0.05) is 13.1 Å². The van der Waals surface area contributed by atoms with Crippen molar-refractivity contribution in [3.63, 3.8) is 0 Å². The fourth-order valence-electron chi connectivity index (χ4n) is 0.805. The molecule has 55 valence electrons. The van der Waals surface area contributed by atoms with E-state index >= 15 is 0 Å². The number of nitrogens with one attached hydrogen (secondary N) is 2. The molecule has 1 rings (SSSR count). The van der Waals surface area contributed by atoms with Crippen molar-refractivity contribution in [2.75, 3.05) is 19.6 Å². The van der Waals surface area contributed by atoms with Gasteiger partial charge in [-0.25, -0.2) is 10.5 Å². The third kappa shape index (κ3) is 1.08. The standard InChI is InChI=1S/C5H8N3O2/c6-3-4(9)8-2-1-7-5(8)10/h6H,1-3H2,(H,7,10). The van der Waals surface area contributed by atoms with Gasteiger partial charge in [-0.15, -0.1) is 0 Å². The first-order valence-electron chi connectivity index (χ1n) is 2.98. The van der Waals surface area contributed by atoms with Crippen LogP contribution >= 0.6 is 0 Å². The highest BCUT2D eigenvalue weighted by molar-refractivity contribution is 5.96. The van der Waals surface area contributed by atoms with Gasteiger partial charge in [0.15, 0.2) is 0 Å². The molecule has 5 heteroatoms. The van der Waals surface area contributed by atoms with Gasteiger partial charge in [0.25, 0.3) is 0 Å². The van der Waals surface area contributed by atoms with E-state index in [0.717, 1.165) is 4.90 Å². The van der Waals surface area contributed by atoms with Gasteiger partial charge >= 0.3 is 6.03 Å². The summed E-state index contributed by atoms with van der Waals surface area (Å²) in [5.41, 5.74) is 6.69. The Morgan fingerprint density at radius 3 is 2.90 bits per heavy atom. The van der Waals surface area contributed by atoms with E-state index in [0.29, 0.717) is 13.1 Å². The third-order valence-electron chi connectivity index (χ3n) is 1.31. The van der Waals surface area contributed by atoms with Gasteiger partial charge in [-0.2, -0.15) is 0 Å². The number of carbonyl (C=O) groups excluding carboxylic acids is 2. The second kappa shape index (κ2) is 2.66. The molecular weight excluding hydrogens is 134 g/mol. The number of carbonyl (C=O) groups is 2. The molecule has 0 aliphatic carbocycles. The van der Waals surface area contributed by atoms with Crippen LogP contribution in [0.2, 0.25) is 0 Å². The molecule has 0 unspecified atom stereocenters. The van der Waals surface area contributed by atoms with E-state index in [4.69, 9.17) is 5.73 Å². The molecule has 0 spiro atoms. The summed E-state index contributed by atoms with van der Waals surface area (Å²) in [6.07, 6.45) is 0. The second-order valence-corrected chi connectivity index (χ2v) is 1.95. The van der Waals surface area contributed by atoms with Gasteiger partial charge in [-0.3, -0.25) is 9.69 Å². The molecule has 2 N–H and O–H groups in total. The Morgan fingerprint density at radius 2 is 2.50 bits per heavy atom. The van der Waals surface area contributed by atoms with Crippen molar-refractivity contribution in [1.29, 1.82) is 0 Å². The highest BCUT2D eigenvalue weighted by atomic mass is 16.2. The van der Waals surface area contributed by atoms with Crippen LogP contribution < -0.4 is 11.1 Å². The van der Waals surface area contributed by atoms with Gasteiger partial charge in [-0.05, 0) is 0 Å². The largest absolute Gasteiger partial charge is 0.336 e. The highest BCUT2D eigenvalue weighted by Gasteiger charge is 2.24. The van der Waals surface area contributed by atoms with Crippen molar-refractivity contribution in [3.05, 3.63) is 0 Å². The molecule has 1 aliphatic heterocycles. The minimum atomic E-state index is -0.435. The highest BCUT2D eigenvalue weighted by Crippen LogP contribution is 1.95. The lowest BCUT2D eigenvalue weighted by Crippen LogP contribution is -2.36. The normalized spacial score (nSPS) is 17.3. The Bertz CT molecular complexity index is 168. The van der Waals surface area contributed by atoms with Crippen LogP contribution in [0, 0.1) is 0 Å². The van der Waals surface area contributed by atoms with Crippen molar-refractivity contribution >= 4 is 11.9 Å². The average molecular weight is 142 g/mol. The quantitative estimate of drug-likeness (QED) is 0.500. The van der Waals surface area contributed by atoms with E-state index in [1.807, 2.05) is 0 Å². The van der Waals surface area contributed by atoms with E-state index in [2.05, 4.69) is 5.32 Å². The van der Waals surface area contributed by atoms with Crippen molar-refractivity contribution in [1.82, 2.24) is 16.0 Å². The number of hydrogen-bond donors (Lipinski definition) is 1. The maximum absolute atomic E-state index is 10.7. The van der Waals surface area contributed by atoms with Crippen LogP contribution in [0.15, 0.2) is 0 Å². The number of amides is 3. The molecule has 1 heterocycles. The van der Waals surface area contributed by atoms with Crippen LogP contribution in [0.25, 0.3) is 0 Å². The lowest BCUT2D eigenvalue weighted by atomic mass is 10.5. The molecule has 0 aromatic rings. The fourth-order valence-corrected chi connectivity index (χ4v) is 0.805. The molecule has 0 atom stereocenters. The first kappa shape index (κ1) is 7.01. The summed E-state index contributed by atoms with van der Waals surface area (Å²) >= 11 is 0. The molecule has 1 fully saturated rings. The minimum Gasteiger partial charge on any atom is -0.336 e. The molecule has 3 amide bonds. The van der Waals surface area contributed by atoms with E-state index in [-0.39, 0.29) is 12.6 Å². The maximum Gasteiger partial charge on any atom is 0.324 e. The molecule has 10 heavy (non-hydrogen) atoms. The summed E-state index contributed by atoms with van der Waals surface area (Å²) in [6, 6.07) is -0.378. The van der Waals surface area contributed by atoms with Gasteiger partial charge in [0.2, 0.25) is 5.91 Å². The average Bonchev–Trinajstić information content (AvgIpc) is 2.34. The number of urea groups is 1. The molecule has 5 nitrogen and oxygen atoms in total. The van der Waals surface area contributed by atoms with E-state index in [1.165, 1.54) is 0 Å². The summed E-state index contributed by atoms with van der Waals surface area (Å²) in [7, 11) is 0. The topological polar surface area (TPSA) is 73.2 Å².